The molecule has 0 atom stereocenters. The Morgan fingerprint density at radius 1 is 1.60 bits per heavy atom. The Labute approximate surface area is 129 Å². The molecule has 0 saturated heterocycles. The summed E-state index contributed by atoms with van der Waals surface area (Å²) in [6.07, 6.45) is 2.15. The normalized spacial score (nSPS) is 14.7. The highest BCUT2D eigenvalue weighted by atomic mass is 35.5. The minimum Gasteiger partial charge on any atom is -0.481 e. The van der Waals surface area contributed by atoms with Gasteiger partial charge in [0.2, 0.25) is 0 Å². The SMILES string of the molecule is Cc1csc(-c2nnc(SCC(=O)O)n2C2CC2)c1Cl. The predicted molar refractivity (Wildman–Crippen MR) is 79.7 cm³/mol. The zero-order chi connectivity index (χ0) is 14.3. The molecule has 2 aromatic heterocycles. The number of carboxylic acids is 1. The first-order valence-electron chi connectivity index (χ1n) is 6.11. The molecule has 1 saturated carbocycles. The number of nitrogens with zero attached hydrogens (tertiary/aromatic N) is 3. The molecule has 0 radical (unpaired) electrons. The van der Waals surface area contributed by atoms with Crippen molar-refractivity contribution in [2.45, 2.75) is 31.0 Å². The number of hydrogen-bond donors (Lipinski definition) is 1. The molecule has 0 aliphatic heterocycles. The Kier molecular flexibility index (Phi) is 3.74. The van der Waals surface area contributed by atoms with Gasteiger partial charge in [-0.25, -0.2) is 0 Å². The highest BCUT2D eigenvalue weighted by molar-refractivity contribution is 7.99. The summed E-state index contributed by atoms with van der Waals surface area (Å²) in [5, 5.41) is 20.5. The fourth-order valence-electron chi connectivity index (χ4n) is 1.90. The van der Waals surface area contributed by atoms with Crippen molar-refractivity contribution in [3.05, 3.63) is 16.0 Å². The summed E-state index contributed by atoms with van der Waals surface area (Å²) in [5.74, 6) is -0.113. The van der Waals surface area contributed by atoms with Crippen molar-refractivity contribution in [2.24, 2.45) is 0 Å². The lowest BCUT2D eigenvalue weighted by atomic mass is 10.3. The van der Waals surface area contributed by atoms with Crippen molar-refractivity contribution < 1.29 is 9.90 Å². The van der Waals surface area contributed by atoms with E-state index in [2.05, 4.69) is 10.2 Å². The molecule has 8 heteroatoms. The maximum absolute atomic E-state index is 10.7. The van der Waals surface area contributed by atoms with Gasteiger partial charge < -0.3 is 5.11 Å². The van der Waals surface area contributed by atoms with Crippen LogP contribution in [0.4, 0.5) is 0 Å². The molecule has 0 aromatic carbocycles. The van der Waals surface area contributed by atoms with Crippen LogP contribution in [0.15, 0.2) is 10.5 Å². The van der Waals surface area contributed by atoms with Crippen LogP contribution in [0.2, 0.25) is 5.02 Å². The quantitative estimate of drug-likeness (QED) is 0.850. The van der Waals surface area contributed by atoms with Crippen LogP contribution in [0.25, 0.3) is 10.7 Å². The molecule has 20 heavy (non-hydrogen) atoms. The molecule has 0 spiro atoms. The summed E-state index contributed by atoms with van der Waals surface area (Å²) in [5.41, 5.74) is 1.02. The average Bonchev–Trinajstić information content (AvgIpc) is 3.08. The lowest BCUT2D eigenvalue weighted by Gasteiger charge is -2.07. The summed E-state index contributed by atoms with van der Waals surface area (Å²) in [6, 6.07) is 0.370. The van der Waals surface area contributed by atoms with E-state index in [1.54, 1.807) is 11.3 Å². The van der Waals surface area contributed by atoms with Gasteiger partial charge >= 0.3 is 5.97 Å². The van der Waals surface area contributed by atoms with E-state index in [0.29, 0.717) is 16.2 Å². The van der Waals surface area contributed by atoms with Gasteiger partial charge in [0.1, 0.15) is 0 Å². The molecule has 3 rings (SSSR count). The van der Waals surface area contributed by atoms with E-state index in [4.69, 9.17) is 16.7 Å². The number of thioether (sulfide) groups is 1. The van der Waals surface area contributed by atoms with Crippen molar-refractivity contribution in [3.8, 4) is 10.7 Å². The van der Waals surface area contributed by atoms with E-state index in [-0.39, 0.29) is 5.75 Å². The number of halogens is 1. The lowest BCUT2D eigenvalue weighted by Crippen LogP contribution is -2.03. The largest absolute Gasteiger partial charge is 0.481 e. The first-order chi connectivity index (χ1) is 9.58. The van der Waals surface area contributed by atoms with Crippen LogP contribution in [-0.4, -0.2) is 31.6 Å². The fraction of sp³-hybridized carbons (Fsp3) is 0.417. The second kappa shape index (κ2) is 5.38. The van der Waals surface area contributed by atoms with Crippen LogP contribution < -0.4 is 0 Å². The summed E-state index contributed by atoms with van der Waals surface area (Å²) < 4.78 is 2.03. The van der Waals surface area contributed by atoms with E-state index in [0.717, 1.165) is 29.1 Å². The Morgan fingerprint density at radius 2 is 2.35 bits per heavy atom. The summed E-state index contributed by atoms with van der Waals surface area (Å²) >= 11 is 9.05. The number of aliphatic carboxylic acids is 1. The molecule has 1 fully saturated rings. The first-order valence-corrected chi connectivity index (χ1v) is 8.35. The van der Waals surface area contributed by atoms with Gasteiger partial charge in [-0.05, 0) is 30.7 Å². The number of aryl methyl sites for hydroxylation is 1. The summed E-state index contributed by atoms with van der Waals surface area (Å²) in [4.78, 5) is 11.6. The number of hydrogen-bond acceptors (Lipinski definition) is 5. The van der Waals surface area contributed by atoms with Gasteiger partial charge in [-0.1, -0.05) is 23.4 Å². The van der Waals surface area contributed by atoms with Crippen LogP contribution in [-0.2, 0) is 4.79 Å². The van der Waals surface area contributed by atoms with E-state index >= 15 is 0 Å². The molecule has 0 amide bonds. The lowest BCUT2D eigenvalue weighted by molar-refractivity contribution is -0.133. The predicted octanol–water partition coefficient (Wildman–Crippen LogP) is 3.48. The molecule has 5 nitrogen and oxygen atoms in total. The Hall–Kier alpha value is -1.05. The fourth-order valence-corrected chi connectivity index (χ4v) is 3.88. The van der Waals surface area contributed by atoms with E-state index in [1.165, 1.54) is 11.8 Å². The van der Waals surface area contributed by atoms with Gasteiger partial charge in [-0.15, -0.1) is 21.5 Å². The highest BCUT2D eigenvalue weighted by Gasteiger charge is 2.31. The first kappa shape index (κ1) is 13.9. The highest BCUT2D eigenvalue weighted by Crippen LogP contribution is 2.44. The zero-order valence-electron chi connectivity index (χ0n) is 10.7. The van der Waals surface area contributed by atoms with Crippen molar-refractivity contribution >= 4 is 40.7 Å². The van der Waals surface area contributed by atoms with Crippen molar-refractivity contribution in [1.29, 1.82) is 0 Å². The van der Waals surface area contributed by atoms with Gasteiger partial charge in [-0.3, -0.25) is 9.36 Å². The van der Waals surface area contributed by atoms with Crippen molar-refractivity contribution in [2.75, 3.05) is 5.75 Å². The third kappa shape index (κ3) is 2.57. The summed E-state index contributed by atoms with van der Waals surface area (Å²) in [7, 11) is 0. The molecule has 1 aliphatic rings. The van der Waals surface area contributed by atoms with Crippen LogP contribution >= 0.6 is 34.7 Å². The number of carbonyl (C=O) groups is 1. The number of carboxylic acid groups (broad SMARTS) is 1. The van der Waals surface area contributed by atoms with Gasteiger partial charge in [0.15, 0.2) is 11.0 Å². The monoisotopic (exact) mass is 329 g/mol. The van der Waals surface area contributed by atoms with Crippen LogP contribution in [0.3, 0.4) is 0 Å². The third-order valence-electron chi connectivity index (χ3n) is 3.00. The van der Waals surface area contributed by atoms with Gasteiger partial charge in [-0.2, -0.15) is 0 Å². The van der Waals surface area contributed by atoms with E-state index in [1.807, 2.05) is 16.9 Å². The van der Waals surface area contributed by atoms with Crippen molar-refractivity contribution in [1.82, 2.24) is 14.8 Å². The Bertz CT molecular complexity index is 664. The van der Waals surface area contributed by atoms with Crippen molar-refractivity contribution in [3.63, 3.8) is 0 Å². The molecular formula is C12H12ClN3O2S2. The van der Waals surface area contributed by atoms with Crippen LogP contribution in [0.5, 0.6) is 0 Å². The molecule has 1 aliphatic carbocycles. The molecular weight excluding hydrogens is 318 g/mol. The molecule has 1 N–H and O–H groups in total. The smallest absolute Gasteiger partial charge is 0.313 e. The molecule has 0 bridgehead atoms. The maximum atomic E-state index is 10.7. The molecule has 106 valence electrons. The second-order valence-electron chi connectivity index (χ2n) is 4.65. The van der Waals surface area contributed by atoms with Crippen LogP contribution in [0, 0.1) is 6.92 Å². The standard InChI is InChI=1S/C12H12ClN3O2S2/c1-6-4-19-10(9(6)13)11-14-15-12(20-5-8(17)18)16(11)7-2-3-7/h4,7H,2-3,5H2,1H3,(H,17,18). The van der Waals surface area contributed by atoms with Gasteiger partial charge in [0, 0.05) is 6.04 Å². The Balaban J connectivity index is 1.99. The minimum absolute atomic E-state index is 0.0119. The molecule has 0 unspecified atom stereocenters. The van der Waals surface area contributed by atoms with E-state index in [9.17, 15) is 4.79 Å². The number of rotatable bonds is 5. The Morgan fingerprint density at radius 3 is 2.90 bits per heavy atom. The average molecular weight is 330 g/mol. The van der Waals surface area contributed by atoms with Gasteiger partial charge in [0.25, 0.3) is 0 Å². The summed E-state index contributed by atoms with van der Waals surface area (Å²) in [6.45, 7) is 1.96. The number of aromatic nitrogens is 3. The minimum atomic E-state index is -0.855. The third-order valence-corrected chi connectivity index (χ3v) is 5.62. The second-order valence-corrected chi connectivity index (χ2v) is 6.85. The van der Waals surface area contributed by atoms with Gasteiger partial charge in [0.05, 0.1) is 15.7 Å². The number of thiophene rings is 1. The van der Waals surface area contributed by atoms with Crippen LogP contribution in [0.1, 0.15) is 24.4 Å². The zero-order valence-corrected chi connectivity index (χ0v) is 13.1. The maximum Gasteiger partial charge on any atom is 0.313 e. The molecule has 2 aromatic rings. The van der Waals surface area contributed by atoms with E-state index < -0.39 is 5.97 Å². The molecule has 2 heterocycles. The topological polar surface area (TPSA) is 68.0 Å².